The predicted molar refractivity (Wildman–Crippen MR) is 122 cm³/mol. The van der Waals surface area contributed by atoms with E-state index < -0.39 is 17.7 Å². The van der Waals surface area contributed by atoms with Crippen LogP contribution >= 0.6 is 27.5 Å². The highest BCUT2D eigenvalue weighted by Crippen LogP contribution is 2.43. The third kappa shape index (κ3) is 3.55. The Labute approximate surface area is 187 Å². The molecule has 0 unspecified atom stereocenters. The van der Waals surface area contributed by atoms with Crippen molar-refractivity contribution in [2.45, 2.75) is 13.0 Å². The van der Waals surface area contributed by atoms with Crippen molar-refractivity contribution in [1.82, 2.24) is 0 Å². The maximum atomic E-state index is 13.1. The van der Waals surface area contributed by atoms with Gasteiger partial charge in [0.25, 0.3) is 11.7 Å². The zero-order chi connectivity index (χ0) is 21.4. The Morgan fingerprint density at radius 2 is 1.67 bits per heavy atom. The molecule has 1 amide bonds. The first-order valence-corrected chi connectivity index (χ1v) is 10.4. The summed E-state index contributed by atoms with van der Waals surface area (Å²) in [4.78, 5) is 27.5. The van der Waals surface area contributed by atoms with Crippen molar-refractivity contribution in [3.8, 4) is 0 Å². The highest BCUT2D eigenvalue weighted by Gasteiger charge is 2.47. The summed E-state index contributed by atoms with van der Waals surface area (Å²) in [6.45, 7) is 1.86. The van der Waals surface area contributed by atoms with E-state index in [2.05, 4.69) is 15.9 Å². The fourth-order valence-electron chi connectivity index (χ4n) is 3.54. The predicted octanol–water partition coefficient (Wildman–Crippen LogP) is 6.04. The number of carbonyl (C=O) groups is 2. The average Bonchev–Trinajstić information content (AvgIpc) is 3.01. The topological polar surface area (TPSA) is 57.6 Å². The Kier molecular flexibility index (Phi) is 5.50. The van der Waals surface area contributed by atoms with Crippen molar-refractivity contribution in [2.75, 3.05) is 4.90 Å². The number of aliphatic hydroxyl groups excluding tert-OH is 1. The zero-order valence-corrected chi connectivity index (χ0v) is 18.3. The fourth-order valence-corrected chi connectivity index (χ4v) is 3.98. The first-order valence-electron chi connectivity index (χ1n) is 9.26. The first-order chi connectivity index (χ1) is 14.4. The molecule has 3 aromatic carbocycles. The molecule has 4 rings (SSSR count). The molecule has 1 N–H and O–H groups in total. The third-order valence-electron chi connectivity index (χ3n) is 5.11. The molecule has 30 heavy (non-hydrogen) atoms. The number of nitrogens with zero attached hydrogens (tertiary/aromatic N) is 1. The molecule has 0 saturated carbocycles. The van der Waals surface area contributed by atoms with Crippen LogP contribution in [0.5, 0.6) is 0 Å². The van der Waals surface area contributed by atoms with Gasteiger partial charge in [-0.2, -0.15) is 0 Å². The van der Waals surface area contributed by atoms with Crippen molar-refractivity contribution in [1.29, 1.82) is 0 Å². The minimum absolute atomic E-state index is 0.0465. The van der Waals surface area contributed by atoms with E-state index in [1.165, 1.54) is 4.90 Å². The van der Waals surface area contributed by atoms with Gasteiger partial charge in [0.15, 0.2) is 0 Å². The number of amides is 1. The molecule has 3 aromatic rings. The Morgan fingerprint density at radius 3 is 2.30 bits per heavy atom. The van der Waals surface area contributed by atoms with Crippen LogP contribution in [0.1, 0.15) is 22.7 Å². The molecule has 0 aliphatic carbocycles. The van der Waals surface area contributed by atoms with Crippen LogP contribution in [0.2, 0.25) is 5.02 Å². The molecule has 1 heterocycles. The van der Waals surface area contributed by atoms with Crippen LogP contribution in [0.3, 0.4) is 0 Å². The molecule has 1 fully saturated rings. The van der Waals surface area contributed by atoms with Gasteiger partial charge in [-0.05, 0) is 42.3 Å². The Bertz CT molecular complexity index is 1170. The molecule has 0 radical (unpaired) electrons. The second-order valence-corrected chi connectivity index (χ2v) is 8.34. The number of rotatable bonds is 3. The van der Waals surface area contributed by atoms with Gasteiger partial charge in [0.1, 0.15) is 5.76 Å². The number of ketones is 1. The molecule has 6 heteroatoms. The number of anilines is 1. The van der Waals surface area contributed by atoms with E-state index in [0.29, 0.717) is 21.8 Å². The number of aryl methyl sites for hydroxylation is 1. The lowest BCUT2D eigenvalue weighted by Gasteiger charge is -2.26. The molecule has 0 spiro atoms. The molecule has 1 atom stereocenters. The third-order valence-corrected chi connectivity index (χ3v) is 6.05. The molecule has 4 nitrogen and oxygen atoms in total. The quantitative estimate of drug-likeness (QED) is 0.281. The van der Waals surface area contributed by atoms with Crippen LogP contribution in [0, 0.1) is 6.92 Å². The molecule has 1 aliphatic heterocycles. The monoisotopic (exact) mass is 481 g/mol. The summed E-state index contributed by atoms with van der Waals surface area (Å²) in [5, 5.41) is 11.5. The summed E-state index contributed by atoms with van der Waals surface area (Å²) in [6.07, 6.45) is 0. The Morgan fingerprint density at radius 1 is 1.00 bits per heavy atom. The van der Waals surface area contributed by atoms with E-state index in [4.69, 9.17) is 11.6 Å². The standard InChI is InChI=1S/C24H17BrClNO3/c1-14-7-12-18(13-19(14)26)27-21(15-8-10-17(25)11-9-15)20(23(29)24(27)30)22(28)16-5-3-2-4-6-16/h2-13,21,28H,1H3/b22-20+/t21-/m1/s1. The van der Waals surface area contributed by atoms with Gasteiger partial charge in [-0.15, -0.1) is 0 Å². The van der Waals surface area contributed by atoms with Crippen molar-refractivity contribution in [3.63, 3.8) is 0 Å². The molecular weight excluding hydrogens is 466 g/mol. The lowest BCUT2D eigenvalue weighted by Crippen LogP contribution is -2.29. The van der Waals surface area contributed by atoms with Crippen LogP contribution in [-0.4, -0.2) is 16.8 Å². The second kappa shape index (κ2) is 8.09. The Balaban J connectivity index is 1.95. The number of halogens is 2. The van der Waals surface area contributed by atoms with Gasteiger partial charge in [-0.1, -0.05) is 76.1 Å². The van der Waals surface area contributed by atoms with Gasteiger partial charge >= 0.3 is 0 Å². The van der Waals surface area contributed by atoms with Crippen molar-refractivity contribution in [3.05, 3.63) is 105 Å². The SMILES string of the molecule is Cc1ccc(N2C(=O)C(=O)/C(=C(/O)c3ccccc3)[C@H]2c2ccc(Br)cc2)cc1Cl. The van der Waals surface area contributed by atoms with Gasteiger partial charge < -0.3 is 5.11 Å². The number of carbonyl (C=O) groups excluding carboxylic acids is 2. The van der Waals surface area contributed by atoms with E-state index in [0.717, 1.165) is 10.0 Å². The number of hydrogen-bond donors (Lipinski definition) is 1. The lowest BCUT2D eigenvalue weighted by molar-refractivity contribution is -0.132. The molecular formula is C24H17BrClNO3. The van der Waals surface area contributed by atoms with E-state index in [9.17, 15) is 14.7 Å². The minimum Gasteiger partial charge on any atom is -0.507 e. The van der Waals surface area contributed by atoms with Crippen molar-refractivity contribution < 1.29 is 14.7 Å². The Hall–Kier alpha value is -2.89. The zero-order valence-electron chi connectivity index (χ0n) is 16.0. The van der Waals surface area contributed by atoms with Crippen LogP contribution in [0.4, 0.5) is 5.69 Å². The highest BCUT2D eigenvalue weighted by molar-refractivity contribution is 9.10. The van der Waals surface area contributed by atoms with Crippen LogP contribution < -0.4 is 4.90 Å². The van der Waals surface area contributed by atoms with E-state index >= 15 is 0 Å². The smallest absolute Gasteiger partial charge is 0.300 e. The van der Waals surface area contributed by atoms with Crippen LogP contribution in [0.15, 0.2) is 82.8 Å². The average molecular weight is 483 g/mol. The normalized spacial score (nSPS) is 18.1. The van der Waals surface area contributed by atoms with E-state index in [1.807, 2.05) is 37.3 Å². The van der Waals surface area contributed by atoms with Gasteiger partial charge in [0, 0.05) is 20.7 Å². The van der Waals surface area contributed by atoms with Gasteiger partial charge in [-0.3, -0.25) is 14.5 Å². The van der Waals surface area contributed by atoms with E-state index in [-0.39, 0.29) is 11.3 Å². The summed E-state index contributed by atoms with van der Waals surface area (Å²) in [7, 11) is 0. The summed E-state index contributed by atoms with van der Waals surface area (Å²) < 4.78 is 0.865. The summed E-state index contributed by atoms with van der Waals surface area (Å²) in [5.41, 5.74) is 2.57. The number of hydrogen-bond acceptors (Lipinski definition) is 3. The molecule has 1 saturated heterocycles. The highest BCUT2D eigenvalue weighted by atomic mass is 79.9. The lowest BCUT2D eigenvalue weighted by atomic mass is 9.95. The van der Waals surface area contributed by atoms with Crippen molar-refractivity contribution >= 4 is 50.7 Å². The van der Waals surface area contributed by atoms with Gasteiger partial charge in [-0.25, -0.2) is 0 Å². The summed E-state index contributed by atoms with van der Waals surface area (Å²) >= 11 is 9.70. The second-order valence-electron chi connectivity index (χ2n) is 7.02. The van der Waals surface area contributed by atoms with Crippen LogP contribution in [0.25, 0.3) is 5.76 Å². The minimum atomic E-state index is -0.780. The van der Waals surface area contributed by atoms with Gasteiger partial charge in [0.2, 0.25) is 0 Å². The summed E-state index contributed by atoms with van der Waals surface area (Å²) in [5.74, 6) is -1.65. The first kappa shape index (κ1) is 20.4. The number of benzene rings is 3. The number of aliphatic hydroxyl groups is 1. The van der Waals surface area contributed by atoms with E-state index in [1.54, 1.807) is 42.5 Å². The number of Topliss-reactive ketones (excluding diaryl/α,β-unsaturated/α-hetero) is 1. The largest absolute Gasteiger partial charge is 0.507 e. The maximum Gasteiger partial charge on any atom is 0.300 e. The molecule has 150 valence electrons. The maximum absolute atomic E-state index is 13.1. The summed E-state index contributed by atoms with van der Waals surface area (Å²) in [6, 6.07) is 20.5. The van der Waals surface area contributed by atoms with Crippen LogP contribution in [-0.2, 0) is 9.59 Å². The molecule has 0 bridgehead atoms. The fraction of sp³-hybridized carbons (Fsp3) is 0.0833. The molecule has 1 aliphatic rings. The van der Waals surface area contributed by atoms with Gasteiger partial charge in [0.05, 0.1) is 11.6 Å². The molecule has 0 aromatic heterocycles. The van der Waals surface area contributed by atoms with Crippen molar-refractivity contribution in [2.24, 2.45) is 0 Å².